The first-order chi connectivity index (χ1) is 9.79. The number of fused-ring (bicyclic) bond motifs is 1. The van der Waals surface area contributed by atoms with E-state index in [1.807, 2.05) is 22.8 Å². The molecule has 4 rings (SSSR count). The summed E-state index contributed by atoms with van der Waals surface area (Å²) in [6.45, 7) is 0. The normalized spacial score (nSPS) is 17.1. The summed E-state index contributed by atoms with van der Waals surface area (Å²) in [5.41, 5.74) is 2.98. The standard InChI is InChI=1S/C15H13ClN4/c16-12-10-17-7-3-11(12)15(4-1-5-15)13-9-14-18-6-2-8-20(14)19-13/h2-3,6-10H,1,4-5H2. The Hall–Kier alpha value is -1.94. The first-order valence-corrected chi connectivity index (χ1v) is 7.08. The molecular weight excluding hydrogens is 272 g/mol. The molecule has 100 valence electrons. The SMILES string of the molecule is Clc1cnccc1C1(c2cc3ncccn3n2)CCC1. The van der Waals surface area contributed by atoms with Crippen molar-refractivity contribution in [2.24, 2.45) is 0 Å². The molecule has 0 spiro atoms. The lowest BCUT2D eigenvalue weighted by Crippen LogP contribution is -2.36. The fourth-order valence-corrected chi connectivity index (χ4v) is 3.32. The van der Waals surface area contributed by atoms with Crippen LogP contribution in [0.3, 0.4) is 0 Å². The highest BCUT2D eigenvalue weighted by Crippen LogP contribution is 2.50. The molecule has 20 heavy (non-hydrogen) atoms. The fraction of sp³-hybridized carbons (Fsp3) is 0.267. The Kier molecular flexibility index (Phi) is 2.54. The third-order valence-electron chi connectivity index (χ3n) is 4.22. The maximum atomic E-state index is 6.36. The van der Waals surface area contributed by atoms with Crippen molar-refractivity contribution >= 4 is 17.2 Å². The highest BCUT2D eigenvalue weighted by Gasteiger charge is 2.43. The van der Waals surface area contributed by atoms with E-state index in [1.54, 1.807) is 18.6 Å². The van der Waals surface area contributed by atoms with E-state index in [2.05, 4.69) is 16.0 Å². The smallest absolute Gasteiger partial charge is 0.155 e. The molecule has 0 unspecified atom stereocenters. The highest BCUT2D eigenvalue weighted by atomic mass is 35.5. The number of hydrogen-bond donors (Lipinski definition) is 0. The number of pyridine rings is 1. The zero-order chi connectivity index (χ0) is 13.6. The van der Waals surface area contributed by atoms with Crippen LogP contribution in [0.15, 0.2) is 43.0 Å². The number of aromatic nitrogens is 4. The van der Waals surface area contributed by atoms with Crippen molar-refractivity contribution in [3.05, 3.63) is 59.3 Å². The molecule has 0 amide bonds. The molecule has 0 saturated heterocycles. The van der Waals surface area contributed by atoms with Crippen molar-refractivity contribution in [1.82, 2.24) is 19.6 Å². The molecule has 0 atom stereocenters. The minimum Gasteiger partial charge on any atom is -0.263 e. The van der Waals surface area contributed by atoms with Gasteiger partial charge in [-0.1, -0.05) is 18.0 Å². The van der Waals surface area contributed by atoms with Gasteiger partial charge in [0.15, 0.2) is 5.65 Å². The zero-order valence-electron chi connectivity index (χ0n) is 10.8. The quantitative estimate of drug-likeness (QED) is 0.725. The molecule has 4 nitrogen and oxygen atoms in total. The van der Waals surface area contributed by atoms with Gasteiger partial charge in [0.1, 0.15) is 0 Å². The second-order valence-electron chi connectivity index (χ2n) is 5.24. The van der Waals surface area contributed by atoms with Gasteiger partial charge >= 0.3 is 0 Å². The predicted octanol–water partition coefficient (Wildman–Crippen LogP) is 3.25. The van der Waals surface area contributed by atoms with Crippen molar-refractivity contribution in [3.63, 3.8) is 0 Å². The molecule has 0 N–H and O–H groups in total. The summed E-state index contributed by atoms with van der Waals surface area (Å²) >= 11 is 6.36. The topological polar surface area (TPSA) is 43.1 Å². The molecule has 3 aromatic heterocycles. The largest absolute Gasteiger partial charge is 0.263 e. The van der Waals surface area contributed by atoms with Crippen LogP contribution in [0.4, 0.5) is 0 Å². The molecule has 0 aromatic carbocycles. The first kappa shape index (κ1) is 11.9. The summed E-state index contributed by atoms with van der Waals surface area (Å²) < 4.78 is 1.82. The number of halogens is 1. The van der Waals surface area contributed by atoms with Crippen LogP contribution in [0, 0.1) is 0 Å². The summed E-state index contributed by atoms with van der Waals surface area (Å²) in [5, 5.41) is 5.42. The number of nitrogens with zero attached hydrogens (tertiary/aromatic N) is 4. The van der Waals surface area contributed by atoms with Gasteiger partial charge in [-0.25, -0.2) is 9.50 Å². The average Bonchev–Trinajstić information content (AvgIpc) is 2.83. The van der Waals surface area contributed by atoms with Gasteiger partial charge in [0.05, 0.1) is 10.7 Å². The summed E-state index contributed by atoms with van der Waals surface area (Å²) in [7, 11) is 0. The van der Waals surface area contributed by atoms with Gasteiger partial charge in [-0.2, -0.15) is 5.10 Å². The minimum atomic E-state index is -0.0757. The van der Waals surface area contributed by atoms with E-state index < -0.39 is 0 Å². The van der Waals surface area contributed by atoms with Crippen molar-refractivity contribution in [2.75, 3.05) is 0 Å². The van der Waals surface area contributed by atoms with Crippen molar-refractivity contribution in [3.8, 4) is 0 Å². The molecule has 3 aromatic rings. The Balaban J connectivity index is 1.91. The first-order valence-electron chi connectivity index (χ1n) is 6.70. The highest BCUT2D eigenvalue weighted by molar-refractivity contribution is 6.31. The van der Waals surface area contributed by atoms with Crippen LogP contribution in [-0.2, 0) is 5.41 Å². The van der Waals surface area contributed by atoms with Crippen molar-refractivity contribution in [1.29, 1.82) is 0 Å². The van der Waals surface area contributed by atoms with Gasteiger partial charge in [0.2, 0.25) is 0 Å². The Labute approximate surface area is 121 Å². The van der Waals surface area contributed by atoms with Crippen LogP contribution >= 0.6 is 11.6 Å². The van der Waals surface area contributed by atoms with Gasteiger partial charge in [-0.3, -0.25) is 4.98 Å². The van der Waals surface area contributed by atoms with Crippen molar-refractivity contribution < 1.29 is 0 Å². The van der Waals surface area contributed by atoms with Gasteiger partial charge in [-0.05, 0) is 30.5 Å². The third kappa shape index (κ3) is 1.58. The predicted molar refractivity (Wildman–Crippen MR) is 76.9 cm³/mol. The fourth-order valence-electron chi connectivity index (χ4n) is 3.02. The maximum Gasteiger partial charge on any atom is 0.155 e. The average molecular weight is 285 g/mol. The van der Waals surface area contributed by atoms with Crippen LogP contribution in [0.2, 0.25) is 5.02 Å². The van der Waals surface area contributed by atoms with E-state index in [0.29, 0.717) is 0 Å². The van der Waals surface area contributed by atoms with E-state index in [4.69, 9.17) is 16.7 Å². The minimum absolute atomic E-state index is 0.0757. The van der Waals surface area contributed by atoms with Crippen LogP contribution < -0.4 is 0 Å². The molecule has 3 heterocycles. The summed E-state index contributed by atoms with van der Waals surface area (Å²) in [5.74, 6) is 0. The number of rotatable bonds is 2. The zero-order valence-corrected chi connectivity index (χ0v) is 11.6. The molecule has 1 fully saturated rings. The second-order valence-corrected chi connectivity index (χ2v) is 5.65. The summed E-state index contributed by atoms with van der Waals surface area (Å²) in [6, 6.07) is 5.96. The van der Waals surface area contributed by atoms with E-state index in [-0.39, 0.29) is 5.41 Å². The molecule has 0 aliphatic heterocycles. The van der Waals surface area contributed by atoms with Gasteiger partial charge in [0.25, 0.3) is 0 Å². The second kappa shape index (κ2) is 4.28. The van der Waals surface area contributed by atoms with E-state index in [0.717, 1.165) is 34.8 Å². The van der Waals surface area contributed by atoms with E-state index in [9.17, 15) is 0 Å². The molecule has 1 aliphatic rings. The van der Waals surface area contributed by atoms with Crippen LogP contribution in [0.25, 0.3) is 5.65 Å². The molecule has 0 bridgehead atoms. The maximum absolute atomic E-state index is 6.36. The number of hydrogen-bond acceptors (Lipinski definition) is 3. The van der Waals surface area contributed by atoms with E-state index >= 15 is 0 Å². The Morgan fingerprint density at radius 2 is 2.15 bits per heavy atom. The Morgan fingerprint density at radius 1 is 1.25 bits per heavy atom. The lowest BCUT2D eigenvalue weighted by atomic mass is 9.62. The van der Waals surface area contributed by atoms with Crippen LogP contribution in [-0.4, -0.2) is 19.6 Å². The van der Waals surface area contributed by atoms with Gasteiger partial charge in [-0.15, -0.1) is 0 Å². The monoisotopic (exact) mass is 284 g/mol. The molecule has 0 radical (unpaired) electrons. The Morgan fingerprint density at radius 3 is 2.85 bits per heavy atom. The third-order valence-corrected chi connectivity index (χ3v) is 4.52. The summed E-state index contributed by atoms with van der Waals surface area (Å²) in [4.78, 5) is 8.43. The van der Waals surface area contributed by atoms with E-state index in [1.165, 1.54) is 6.42 Å². The lowest BCUT2D eigenvalue weighted by Gasteiger charge is -2.41. The molecule has 1 aliphatic carbocycles. The molecule has 5 heteroatoms. The molecule has 1 saturated carbocycles. The van der Waals surface area contributed by atoms with Crippen LogP contribution in [0.1, 0.15) is 30.5 Å². The van der Waals surface area contributed by atoms with Gasteiger partial charge < -0.3 is 0 Å². The van der Waals surface area contributed by atoms with Crippen molar-refractivity contribution in [2.45, 2.75) is 24.7 Å². The lowest BCUT2D eigenvalue weighted by molar-refractivity contribution is 0.292. The Bertz CT molecular complexity index is 743. The van der Waals surface area contributed by atoms with Crippen LogP contribution in [0.5, 0.6) is 0 Å². The van der Waals surface area contributed by atoms with Gasteiger partial charge in [0, 0.05) is 36.3 Å². The molecular formula is C15H13ClN4. The summed E-state index contributed by atoms with van der Waals surface area (Å²) in [6.07, 6.45) is 10.6.